The fourth-order valence-corrected chi connectivity index (χ4v) is 1.67. The van der Waals surface area contributed by atoms with E-state index in [-0.39, 0.29) is 0 Å². The van der Waals surface area contributed by atoms with Crippen molar-refractivity contribution < 1.29 is 4.74 Å². The summed E-state index contributed by atoms with van der Waals surface area (Å²) in [6.07, 6.45) is 3.16. The van der Waals surface area contributed by atoms with Gasteiger partial charge in [-0.1, -0.05) is 6.92 Å². The zero-order valence-corrected chi connectivity index (χ0v) is 6.55. The fraction of sp³-hybridized carbons (Fsp3) is 0.875. The summed E-state index contributed by atoms with van der Waals surface area (Å²) in [6.45, 7) is 2.08. The molecular weight excluding hydrogens is 126 g/mol. The molecule has 0 saturated heterocycles. The second kappa shape index (κ2) is 2.59. The van der Waals surface area contributed by atoms with Crippen LogP contribution in [0.4, 0.5) is 0 Å². The summed E-state index contributed by atoms with van der Waals surface area (Å²) < 4.78 is 5.20. The van der Waals surface area contributed by atoms with E-state index in [0.717, 1.165) is 19.3 Å². The van der Waals surface area contributed by atoms with Gasteiger partial charge in [-0.05, 0) is 25.2 Å². The number of hydrogen-bond donors (Lipinski definition) is 0. The molecule has 1 aliphatic rings. The molecule has 0 aromatic carbocycles. The van der Waals surface area contributed by atoms with E-state index in [2.05, 4.69) is 13.0 Å². The molecule has 2 atom stereocenters. The van der Waals surface area contributed by atoms with Crippen LogP contribution in [0.5, 0.6) is 0 Å². The molecule has 0 radical (unpaired) electrons. The molecule has 1 fully saturated rings. The summed E-state index contributed by atoms with van der Waals surface area (Å²) >= 11 is 0. The Kier molecular flexibility index (Phi) is 1.96. The van der Waals surface area contributed by atoms with Gasteiger partial charge < -0.3 is 4.74 Å². The Hall–Kier alpha value is -0.550. The third kappa shape index (κ3) is 0.911. The van der Waals surface area contributed by atoms with Crippen molar-refractivity contribution in [2.75, 3.05) is 7.11 Å². The molecule has 2 heteroatoms. The van der Waals surface area contributed by atoms with Crippen LogP contribution in [0.15, 0.2) is 0 Å². The monoisotopic (exact) mass is 139 g/mol. The highest BCUT2D eigenvalue weighted by Gasteiger charge is 2.40. The second-order valence-electron chi connectivity index (χ2n) is 3.00. The third-order valence-corrected chi connectivity index (χ3v) is 2.53. The molecule has 56 valence electrons. The van der Waals surface area contributed by atoms with Gasteiger partial charge in [0.1, 0.15) is 0 Å². The highest BCUT2D eigenvalue weighted by Crippen LogP contribution is 2.37. The Labute approximate surface area is 61.8 Å². The summed E-state index contributed by atoms with van der Waals surface area (Å²) in [7, 11) is 1.63. The lowest BCUT2D eigenvalue weighted by molar-refractivity contribution is 0.0132. The molecule has 10 heavy (non-hydrogen) atoms. The van der Waals surface area contributed by atoms with E-state index >= 15 is 0 Å². The minimum Gasteiger partial charge on any atom is -0.363 e. The van der Waals surface area contributed by atoms with Crippen LogP contribution in [0, 0.1) is 17.2 Å². The Morgan fingerprint density at radius 1 is 1.70 bits per heavy atom. The van der Waals surface area contributed by atoms with Gasteiger partial charge in [0.2, 0.25) is 0 Å². The van der Waals surface area contributed by atoms with Gasteiger partial charge in [0.05, 0.1) is 6.07 Å². The number of nitriles is 1. The van der Waals surface area contributed by atoms with E-state index in [1.54, 1.807) is 7.11 Å². The maximum Gasteiger partial charge on any atom is 0.156 e. The first-order chi connectivity index (χ1) is 4.75. The smallest absolute Gasteiger partial charge is 0.156 e. The summed E-state index contributed by atoms with van der Waals surface area (Å²) in [4.78, 5) is 0. The SMILES string of the molecule is COC1(C#N)CCCC1C. The first-order valence-electron chi connectivity index (χ1n) is 3.71. The minimum absolute atomic E-state index is 0.405. The normalized spacial score (nSPS) is 39.5. The molecule has 0 bridgehead atoms. The molecule has 0 aromatic rings. The van der Waals surface area contributed by atoms with E-state index in [1.807, 2.05) is 0 Å². The van der Waals surface area contributed by atoms with E-state index < -0.39 is 5.60 Å². The first-order valence-corrected chi connectivity index (χ1v) is 3.71. The molecule has 2 nitrogen and oxygen atoms in total. The van der Waals surface area contributed by atoms with Gasteiger partial charge >= 0.3 is 0 Å². The number of methoxy groups -OCH3 is 1. The van der Waals surface area contributed by atoms with Crippen LogP contribution in [0.1, 0.15) is 26.2 Å². The van der Waals surface area contributed by atoms with Gasteiger partial charge in [-0.2, -0.15) is 5.26 Å². The molecule has 2 unspecified atom stereocenters. The van der Waals surface area contributed by atoms with Crippen LogP contribution in [-0.4, -0.2) is 12.7 Å². The molecule has 1 rings (SSSR count). The van der Waals surface area contributed by atoms with Crippen molar-refractivity contribution in [2.45, 2.75) is 31.8 Å². The van der Waals surface area contributed by atoms with Crippen LogP contribution >= 0.6 is 0 Å². The van der Waals surface area contributed by atoms with Gasteiger partial charge in [-0.3, -0.25) is 0 Å². The largest absolute Gasteiger partial charge is 0.363 e. The van der Waals surface area contributed by atoms with Crippen LogP contribution in [-0.2, 0) is 4.74 Å². The molecule has 0 N–H and O–H groups in total. The van der Waals surface area contributed by atoms with Crippen molar-refractivity contribution in [1.29, 1.82) is 5.26 Å². The zero-order chi connectivity index (χ0) is 7.61. The predicted molar refractivity (Wildman–Crippen MR) is 38.4 cm³/mol. The third-order valence-electron chi connectivity index (χ3n) is 2.53. The van der Waals surface area contributed by atoms with Gasteiger partial charge in [0, 0.05) is 7.11 Å². The van der Waals surface area contributed by atoms with E-state index in [0.29, 0.717) is 5.92 Å². The van der Waals surface area contributed by atoms with Crippen molar-refractivity contribution in [2.24, 2.45) is 5.92 Å². The first kappa shape index (κ1) is 7.56. The second-order valence-corrected chi connectivity index (χ2v) is 3.00. The molecule has 0 aromatic heterocycles. The van der Waals surface area contributed by atoms with Crippen LogP contribution < -0.4 is 0 Å². The summed E-state index contributed by atoms with van der Waals surface area (Å²) in [5.74, 6) is 0.405. The maximum absolute atomic E-state index is 8.81. The van der Waals surface area contributed by atoms with Crippen molar-refractivity contribution in [3.63, 3.8) is 0 Å². The number of rotatable bonds is 1. The summed E-state index contributed by atoms with van der Waals surface area (Å²) in [6, 6.07) is 2.25. The Morgan fingerprint density at radius 2 is 2.40 bits per heavy atom. The molecule has 0 amide bonds. The minimum atomic E-state index is -0.458. The van der Waals surface area contributed by atoms with E-state index in [9.17, 15) is 0 Å². The molecule has 1 aliphatic carbocycles. The van der Waals surface area contributed by atoms with Crippen molar-refractivity contribution in [3.05, 3.63) is 0 Å². The van der Waals surface area contributed by atoms with Crippen molar-refractivity contribution >= 4 is 0 Å². The van der Waals surface area contributed by atoms with Gasteiger partial charge in [0.15, 0.2) is 5.60 Å². The highest BCUT2D eigenvalue weighted by atomic mass is 16.5. The van der Waals surface area contributed by atoms with E-state index in [4.69, 9.17) is 10.00 Å². The fourth-order valence-electron chi connectivity index (χ4n) is 1.67. The van der Waals surface area contributed by atoms with Gasteiger partial charge in [-0.25, -0.2) is 0 Å². The maximum atomic E-state index is 8.81. The average molecular weight is 139 g/mol. The lowest BCUT2D eigenvalue weighted by Gasteiger charge is -2.23. The van der Waals surface area contributed by atoms with Crippen molar-refractivity contribution in [1.82, 2.24) is 0 Å². The summed E-state index contributed by atoms with van der Waals surface area (Å²) in [5.41, 5.74) is -0.458. The van der Waals surface area contributed by atoms with Crippen molar-refractivity contribution in [3.8, 4) is 6.07 Å². The van der Waals surface area contributed by atoms with Crippen LogP contribution in [0.2, 0.25) is 0 Å². The Morgan fingerprint density at radius 3 is 2.60 bits per heavy atom. The molecule has 0 heterocycles. The number of nitrogens with zero attached hydrogens (tertiary/aromatic N) is 1. The summed E-state index contributed by atoms with van der Waals surface area (Å²) in [5, 5.41) is 8.81. The molecule has 0 spiro atoms. The topological polar surface area (TPSA) is 33.0 Å². The van der Waals surface area contributed by atoms with Crippen LogP contribution in [0.3, 0.4) is 0 Å². The lowest BCUT2D eigenvalue weighted by Crippen LogP contribution is -2.31. The Bertz CT molecular complexity index is 161. The lowest BCUT2D eigenvalue weighted by atomic mass is 9.94. The van der Waals surface area contributed by atoms with Gasteiger partial charge in [0.25, 0.3) is 0 Å². The van der Waals surface area contributed by atoms with E-state index in [1.165, 1.54) is 0 Å². The highest BCUT2D eigenvalue weighted by molar-refractivity contribution is 5.08. The number of hydrogen-bond acceptors (Lipinski definition) is 2. The van der Waals surface area contributed by atoms with Crippen LogP contribution in [0.25, 0.3) is 0 Å². The Balaban J connectivity index is 2.74. The molecular formula is C8H13NO. The predicted octanol–water partition coefficient (Wildman–Crippen LogP) is 1.72. The zero-order valence-electron chi connectivity index (χ0n) is 6.55. The van der Waals surface area contributed by atoms with Gasteiger partial charge in [-0.15, -0.1) is 0 Å². The standard InChI is InChI=1S/C8H13NO/c1-7-4-3-5-8(7,6-9)10-2/h7H,3-5H2,1-2H3. The molecule has 1 saturated carbocycles. The molecule has 0 aliphatic heterocycles. The average Bonchev–Trinajstić information content (AvgIpc) is 2.32. The quantitative estimate of drug-likeness (QED) is 0.554. The number of ether oxygens (including phenoxy) is 1.